The minimum absolute atomic E-state index is 0.347. The maximum atomic E-state index is 11.5. The molecule has 5 nitrogen and oxygen atoms in total. The Kier molecular flexibility index (Phi) is 3.63. The van der Waals surface area contributed by atoms with E-state index in [0.29, 0.717) is 23.6 Å². The minimum atomic E-state index is -0.411. The number of nitrogens with zero attached hydrogens (tertiary/aromatic N) is 1. The van der Waals surface area contributed by atoms with Crippen molar-refractivity contribution in [3.63, 3.8) is 0 Å². The molecule has 1 fully saturated rings. The van der Waals surface area contributed by atoms with Crippen LogP contribution in [0.2, 0.25) is 0 Å². The molecule has 0 spiro atoms. The maximum Gasteiger partial charge on any atom is 0.328 e. The summed E-state index contributed by atoms with van der Waals surface area (Å²) < 4.78 is 1.78. The highest BCUT2D eigenvalue weighted by molar-refractivity contribution is 9.10. The van der Waals surface area contributed by atoms with Gasteiger partial charge in [-0.1, -0.05) is 6.58 Å². The summed E-state index contributed by atoms with van der Waals surface area (Å²) in [5.74, 6) is 0. The second kappa shape index (κ2) is 5.01. The van der Waals surface area contributed by atoms with Gasteiger partial charge in [-0.2, -0.15) is 0 Å². The van der Waals surface area contributed by atoms with Crippen LogP contribution in [0.15, 0.2) is 32.4 Å². The SMILES string of the molecule is C=C(CNC1CC1)Cn1cc(Br)c(=O)[nH]c1=O. The summed E-state index contributed by atoms with van der Waals surface area (Å²) in [6, 6.07) is 0.616. The molecular weight excluding hydrogens is 286 g/mol. The van der Waals surface area contributed by atoms with E-state index in [1.54, 1.807) is 0 Å². The summed E-state index contributed by atoms with van der Waals surface area (Å²) in [5.41, 5.74) is 0.0942. The van der Waals surface area contributed by atoms with Crippen molar-refractivity contribution in [1.29, 1.82) is 0 Å². The number of hydrogen-bond donors (Lipinski definition) is 2. The third kappa shape index (κ3) is 3.41. The van der Waals surface area contributed by atoms with Gasteiger partial charge in [-0.05, 0) is 34.3 Å². The van der Waals surface area contributed by atoms with Crippen molar-refractivity contribution in [3.05, 3.63) is 43.7 Å². The van der Waals surface area contributed by atoms with Crippen molar-refractivity contribution in [2.75, 3.05) is 6.54 Å². The van der Waals surface area contributed by atoms with Gasteiger partial charge in [0.05, 0.1) is 4.47 Å². The van der Waals surface area contributed by atoms with E-state index in [1.165, 1.54) is 23.6 Å². The van der Waals surface area contributed by atoms with Crippen LogP contribution in [-0.4, -0.2) is 22.1 Å². The van der Waals surface area contributed by atoms with Crippen LogP contribution < -0.4 is 16.6 Å². The van der Waals surface area contributed by atoms with Gasteiger partial charge in [0.15, 0.2) is 0 Å². The lowest BCUT2D eigenvalue weighted by atomic mass is 10.3. The van der Waals surface area contributed by atoms with Crippen molar-refractivity contribution < 1.29 is 0 Å². The van der Waals surface area contributed by atoms with Gasteiger partial charge in [-0.15, -0.1) is 0 Å². The second-order valence-electron chi connectivity index (χ2n) is 4.27. The third-order valence-corrected chi connectivity index (χ3v) is 3.14. The van der Waals surface area contributed by atoms with E-state index >= 15 is 0 Å². The molecule has 92 valence electrons. The number of H-pyrrole nitrogens is 1. The molecule has 2 N–H and O–H groups in total. The maximum absolute atomic E-state index is 11.5. The third-order valence-electron chi connectivity index (χ3n) is 2.58. The summed E-state index contributed by atoms with van der Waals surface area (Å²) in [5, 5.41) is 3.32. The normalized spacial score (nSPS) is 14.9. The lowest BCUT2D eigenvalue weighted by Crippen LogP contribution is -2.31. The fourth-order valence-corrected chi connectivity index (χ4v) is 1.82. The molecule has 2 rings (SSSR count). The second-order valence-corrected chi connectivity index (χ2v) is 5.12. The molecule has 1 saturated carbocycles. The molecule has 1 aliphatic carbocycles. The van der Waals surface area contributed by atoms with E-state index in [4.69, 9.17) is 0 Å². The molecule has 1 aromatic heterocycles. The van der Waals surface area contributed by atoms with E-state index in [-0.39, 0.29) is 0 Å². The number of halogens is 1. The van der Waals surface area contributed by atoms with Crippen LogP contribution in [-0.2, 0) is 6.54 Å². The van der Waals surface area contributed by atoms with Crippen LogP contribution in [0.4, 0.5) is 0 Å². The zero-order chi connectivity index (χ0) is 12.4. The molecule has 1 aliphatic rings. The highest BCUT2D eigenvalue weighted by Gasteiger charge is 2.20. The minimum Gasteiger partial charge on any atom is -0.310 e. The van der Waals surface area contributed by atoms with Crippen molar-refractivity contribution in [2.45, 2.75) is 25.4 Å². The largest absolute Gasteiger partial charge is 0.328 e. The summed E-state index contributed by atoms with van der Waals surface area (Å²) in [4.78, 5) is 24.9. The molecule has 17 heavy (non-hydrogen) atoms. The Morgan fingerprint density at radius 1 is 1.59 bits per heavy atom. The van der Waals surface area contributed by atoms with Crippen LogP contribution in [0.3, 0.4) is 0 Å². The first-order chi connectivity index (χ1) is 8.06. The Morgan fingerprint density at radius 2 is 2.29 bits per heavy atom. The Morgan fingerprint density at radius 3 is 2.94 bits per heavy atom. The Hall–Kier alpha value is -1.14. The van der Waals surface area contributed by atoms with Gasteiger partial charge in [-0.3, -0.25) is 14.3 Å². The monoisotopic (exact) mass is 299 g/mol. The lowest BCUT2D eigenvalue weighted by molar-refractivity contribution is 0.654. The van der Waals surface area contributed by atoms with Crippen LogP contribution >= 0.6 is 15.9 Å². The summed E-state index contributed by atoms with van der Waals surface area (Å²) in [6.07, 6.45) is 3.93. The molecule has 6 heteroatoms. The summed E-state index contributed by atoms with van der Waals surface area (Å²) in [7, 11) is 0. The smallest absolute Gasteiger partial charge is 0.310 e. The van der Waals surface area contributed by atoms with Gasteiger partial charge in [0.2, 0.25) is 0 Å². The molecule has 0 atom stereocenters. The van der Waals surface area contributed by atoms with E-state index < -0.39 is 11.2 Å². The standard InChI is InChI=1S/C11H14BrN3O2/c1-7(4-13-8-2-3-8)5-15-6-9(12)10(16)14-11(15)17/h6,8,13H,1-5H2,(H,14,16,17). The Balaban J connectivity index is 2.01. The molecule has 0 saturated heterocycles. The van der Waals surface area contributed by atoms with E-state index in [9.17, 15) is 9.59 Å². The van der Waals surface area contributed by atoms with Crippen molar-refractivity contribution >= 4 is 15.9 Å². The first-order valence-corrected chi connectivity index (χ1v) is 6.25. The molecule has 0 unspecified atom stereocenters. The molecule has 1 heterocycles. The van der Waals surface area contributed by atoms with Gasteiger partial charge in [0.25, 0.3) is 5.56 Å². The average molecular weight is 300 g/mol. The predicted octanol–water partition coefficient (Wildman–Crippen LogP) is 0.607. The van der Waals surface area contributed by atoms with Crippen molar-refractivity contribution in [3.8, 4) is 0 Å². The molecule has 0 radical (unpaired) electrons. The Bertz CT molecular complexity index is 542. The first-order valence-electron chi connectivity index (χ1n) is 5.45. The van der Waals surface area contributed by atoms with Crippen molar-refractivity contribution in [1.82, 2.24) is 14.9 Å². The van der Waals surface area contributed by atoms with E-state index in [2.05, 4.69) is 32.8 Å². The molecule has 0 bridgehead atoms. The van der Waals surface area contributed by atoms with Gasteiger partial charge < -0.3 is 5.32 Å². The van der Waals surface area contributed by atoms with Crippen LogP contribution in [0.1, 0.15) is 12.8 Å². The average Bonchev–Trinajstić information content (AvgIpc) is 3.07. The number of hydrogen-bond acceptors (Lipinski definition) is 3. The van der Waals surface area contributed by atoms with Gasteiger partial charge in [0, 0.05) is 25.3 Å². The van der Waals surface area contributed by atoms with Gasteiger partial charge >= 0.3 is 5.69 Å². The summed E-state index contributed by atoms with van der Waals surface area (Å²) in [6.45, 7) is 5.03. The number of rotatable bonds is 5. The zero-order valence-electron chi connectivity index (χ0n) is 9.33. The van der Waals surface area contributed by atoms with Crippen LogP contribution in [0.5, 0.6) is 0 Å². The van der Waals surface area contributed by atoms with E-state index in [1.807, 2.05) is 0 Å². The quantitative estimate of drug-likeness (QED) is 0.783. The topological polar surface area (TPSA) is 66.9 Å². The lowest BCUT2D eigenvalue weighted by Gasteiger charge is -2.09. The highest BCUT2D eigenvalue weighted by atomic mass is 79.9. The van der Waals surface area contributed by atoms with Crippen LogP contribution in [0, 0.1) is 0 Å². The molecule has 1 aromatic rings. The highest BCUT2D eigenvalue weighted by Crippen LogP contribution is 2.18. The number of nitrogens with one attached hydrogen (secondary N) is 2. The fourth-order valence-electron chi connectivity index (χ4n) is 1.47. The Labute approximate surface area is 107 Å². The molecule has 0 aromatic carbocycles. The predicted molar refractivity (Wildman–Crippen MR) is 69.2 cm³/mol. The molecule has 0 amide bonds. The summed E-state index contributed by atoms with van der Waals surface area (Å²) >= 11 is 3.09. The zero-order valence-corrected chi connectivity index (χ0v) is 10.9. The first kappa shape index (κ1) is 12.3. The van der Waals surface area contributed by atoms with Gasteiger partial charge in [0.1, 0.15) is 0 Å². The number of aromatic nitrogens is 2. The number of aromatic amines is 1. The fraction of sp³-hybridized carbons (Fsp3) is 0.455. The van der Waals surface area contributed by atoms with Gasteiger partial charge in [-0.25, -0.2) is 4.79 Å². The molecule has 0 aliphatic heterocycles. The van der Waals surface area contributed by atoms with E-state index in [0.717, 1.165) is 5.57 Å². The van der Waals surface area contributed by atoms with Crippen molar-refractivity contribution in [2.24, 2.45) is 0 Å². The van der Waals surface area contributed by atoms with Crippen LogP contribution in [0.25, 0.3) is 0 Å². The molecular formula is C11H14BrN3O2.